The molecular formula is C19H18FN3O2S. The Hall–Kier alpha value is -2.67. The van der Waals surface area contributed by atoms with Crippen molar-refractivity contribution in [1.29, 1.82) is 0 Å². The second-order valence-electron chi connectivity index (χ2n) is 6.12. The van der Waals surface area contributed by atoms with Crippen molar-refractivity contribution in [1.82, 2.24) is 9.88 Å². The van der Waals surface area contributed by atoms with Gasteiger partial charge in [0.1, 0.15) is 11.6 Å². The van der Waals surface area contributed by atoms with E-state index in [1.807, 2.05) is 18.2 Å². The molecule has 5 nitrogen and oxygen atoms in total. The van der Waals surface area contributed by atoms with Crippen LogP contribution in [0.25, 0.3) is 10.2 Å². The third-order valence-corrected chi connectivity index (χ3v) is 5.57. The zero-order valence-electron chi connectivity index (χ0n) is 14.3. The van der Waals surface area contributed by atoms with Gasteiger partial charge in [-0.1, -0.05) is 17.4 Å². The first-order valence-corrected chi connectivity index (χ1v) is 9.20. The van der Waals surface area contributed by atoms with Gasteiger partial charge in [0.15, 0.2) is 5.13 Å². The average molecular weight is 371 g/mol. The average Bonchev–Trinajstić information content (AvgIpc) is 3.10. The van der Waals surface area contributed by atoms with Crippen LogP contribution in [0.15, 0.2) is 42.5 Å². The molecule has 134 valence electrons. The van der Waals surface area contributed by atoms with Gasteiger partial charge in [0, 0.05) is 31.7 Å². The molecule has 1 fully saturated rings. The van der Waals surface area contributed by atoms with Gasteiger partial charge in [0.2, 0.25) is 0 Å². The first-order chi connectivity index (χ1) is 12.6. The van der Waals surface area contributed by atoms with Crippen molar-refractivity contribution < 1.29 is 13.9 Å². The van der Waals surface area contributed by atoms with Crippen LogP contribution in [0.1, 0.15) is 10.4 Å². The summed E-state index contributed by atoms with van der Waals surface area (Å²) < 4.78 is 19.7. The maximum absolute atomic E-state index is 13.3. The lowest BCUT2D eigenvalue weighted by Crippen LogP contribution is -2.48. The monoisotopic (exact) mass is 371 g/mol. The first-order valence-electron chi connectivity index (χ1n) is 8.38. The number of benzene rings is 2. The van der Waals surface area contributed by atoms with Gasteiger partial charge in [0.05, 0.1) is 17.3 Å². The summed E-state index contributed by atoms with van der Waals surface area (Å²) in [6.45, 7) is 2.60. The molecule has 1 saturated heterocycles. The fourth-order valence-corrected chi connectivity index (χ4v) is 4.11. The Morgan fingerprint density at radius 3 is 2.69 bits per heavy atom. The minimum absolute atomic E-state index is 0.127. The molecule has 1 amide bonds. The van der Waals surface area contributed by atoms with E-state index < -0.39 is 0 Å². The van der Waals surface area contributed by atoms with Gasteiger partial charge in [-0.3, -0.25) is 4.79 Å². The highest BCUT2D eigenvalue weighted by Gasteiger charge is 2.24. The summed E-state index contributed by atoms with van der Waals surface area (Å²) in [5.41, 5.74) is 1.34. The summed E-state index contributed by atoms with van der Waals surface area (Å²) in [7, 11) is 1.65. The quantitative estimate of drug-likeness (QED) is 0.708. The van der Waals surface area contributed by atoms with Crippen LogP contribution in [0.5, 0.6) is 5.75 Å². The molecule has 2 heterocycles. The summed E-state index contributed by atoms with van der Waals surface area (Å²) in [4.78, 5) is 21.2. The number of thiazole rings is 1. The normalized spacial score (nSPS) is 14.7. The summed E-state index contributed by atoms with van der Waals surface area (Å²) in [5.74, 6) is 0.302. The zero-order valence-corrected chi connectivity index (χ0v) is 15.1. The maximum Gasteiger partial charge on any atom is 0.254 e. The number of halogens is 1. The van der Waals surface area contributed by atoms with Crippen molar-refractivity contribution in [2.24, 2.45) is 0 Å². The molecule has 1 aliphatic heterocycles. The molecule has 0 radical (unpaired) electrons. The lowest BCUT2D eigenvalue weighted by molar-refractivity contribution is 0.0746. The van der Waals surface area contributed by atoms with Gasteiger partial charge in [0.25, 0.3) is 5.91 Å². The Morgan fingerprint density at radius 2 is 1.96 bits per heavy atom. The third kappa shape index (κ3) is 3.22. The van der Waals surface area contributed by atoms with E-state index >= 15 is 0 Å². The van der Waals surface area contributed by atoms with Crippen LogP contribution in [0, 0.1) is 5.82 Å². The number of hydrogen-bond donors (Lipinski definition) is 0. The minimum Gasteiger partial charge on any atom is -0.497 e. The maximum atomic E-state index is 13.3. The van der Waals surface area contributed by atoms with Crippen LogP contribution in [-0.2, 0) is 0 Å². The molecule has 0 N–H and O–H groups in total. The first kappa shape index (κ1) is 16.8. The number of fused-ring (bicyclic) bond motifs is 1. The van der Waals surface area contributed by atoms with Crippen molar-refractivity contribution in [2.45, 2.75) is 0 Å². The molecule has 1 aromatic heterocycles. The van der Waals surface area contributed by atoms with Gasteiger partial charge >= 0.3 is 0 Å². The molecule has 0 unspecified atom stereocenters. The fraction of sp³-hybridized carbons (Fsp3) is 0.263. The highest BCUT2D eigenvalue weighted by molar-refractivity contribution is 7.22. The molecule has 0 aliphatic carbocycles. The molecule has 0 spiro atoms. The van der Waals surface area contributed by atoms with Crippen LogP contribution in [-0.4, -0.2) is 49.1 Å². The van der Waals surface area contributed by atoms with Crippen LogP contribution in [0.3, 0.4) is 0 Å². The zero-order chi connectivity index (χ0) is 18.1. The number of carbonyl (C=O) groups is 1. The molecule has 7 heteroatoms. The number of ether oxygens (including phenoxy) is 1. The number of aromatic nitrogens is 1. The fourth-order valence-electron chi connectivity index (χ4n) is 3.06. The smallest absolute Gasteiger partial charge is 0.254 e. The number of rotatable bonds is 3. The van der Waals surface area contributed by atoms with E-state index in [4.69, 9.17) is 4.74 Å². The number of piperazine rings is 1. The number of methoxy groups -OCH3 is 1. The molecule has 1 aliphatic rings. The lowest BCUT2D eigenvalue weighted by Gasteiger charge is -2.34. The second-order valence-corrected chi connectivity index (χ2v) is 7.13. The molecular weight excluding hydrogens is 353 g/mol. The molecule has 0 bridgehead atoms. The van der Waals surface area contributed by atoms with Crippen molar-refractivity contribution in [3.8, 4) is 5.75 Å². The Labute approximate surface area is 154 Å². The largest absolute Gasteiger partial charge is 0.497 e. The second kappa shape index (κ2) is 6.92. The number of amides is 1. The summed E-state index contributed by atoms with van der Waals surface area (Å²) in [5, 5.41) is 0.950. The van der Waals surface area contributed by atoms with Crippen molar-refractivity contribution in [2.75, 3.05) is 38.2 Å². The van der Waals surface area contributed by atoms with Gasteiger partial charge in [-0.2, -0.15) is 0 Å². The topological polar surface area (TPSA) is 45.7 Å². The molecule has 0 saturated carbocycles. The predicted octanol–water partition coefficient (Wildman–Crippen LogP) is 3.41. The Morgan fingerprint density at radius 1 is 1.15 bits per heavy atom. The molecule has 2 aromatic carbocycles. The lowest BCUT2D eigenvalue weighted by atomic mass is 10.2. The van der Waals surface area contributed by atoms with E-state index in [0.29, 0.717) is 31.7 Å². The van der Waals surface area contributed by atoms with E-state index in [1.54, 1.807) is 35.5 Å². The standard InChI is InChI=1S/C19H18FN3O2S/c1-25-15-5-6-16-17(12-15)26-19(21-16)23-9-7-22(8-10-23)18(24)13-3-2-4-14(20)11-13/h2-6,11-12H,7-10H2,1H3. The Kier molecular flexibility index (Phi) is 4.46. The van der Waals surface area contributed by atoms with Crippen LogP contribution < -0.4 is 9.64 Å². The molecule has 0 atom stereocenters. The van der Waals surface area contributed by atoms with Gasteiger partial charge in [-0.25, -0.2) is 9.37 Å². The van der Waals surface area contributed by atoms with Gasteiger partial charge < -0.3 is 14.5 Å². The van der Waals surface area contributed by atoms with E-state index in [9.17, 15) is 9.18 Å². The Balaban J connectivity index is 1.45. The molecule has 3 aromatic rings. The van der Waals surface area contributed by atoms with Crippen molar-refractivity contribution in [3.05, 3.63) is 53.8 Å². The van der Waals surface area contributed by atoms with Crippen LogP contribution >= 0.6 is 11.3 Å². The number of carbonyl (C=O) groups excluding carboxylic acids is 1. The number of nitrogens with zero attached hydrogens (tertiary/aromatic N) is 3. The van der Waals surface area contributed by atoms with E-state index in [0.717, 1.165) is 21.1 Å². The molecule has 26 heavy (non-hydrogen) atoms. The van der Waals surface area contributed by atoms with Crippen molar-refractivity contribution >= 4 is 32.6 Å². The summed E-state index contributed by atoms with van der Waals surface area (Å²) in [6.07, 6.45) is 0. The predicted molar refractivity (Wildman–Crippen MR) is 101 cm³/mol. The number of hydrogen-bond acceptors (Lipinski definition) is 5. The Bertz CT molecular complexity index is 951. The van der Waals surface area contributed by atoms with Crippen LogP contribution in [0.2, 0.25) is 0 Å². The van der Waals surface area contributed by atoms with Gasteiger partial charge in [-0.15, -0.1) is 0 Å². The van der Waals surface area contributed by atoms with Crippen LogP contribution in [0.4, 0.5) is 9.52 Å². The highest BCUT2D eigenvalue weighted by Crippen LogP contribution is 2.31. The van der Waals surface area contributed by atoms with E-state index in [-0.39, 0.29) is 11.7 Å². The molecule has 4 rings (SSSR count). The SMILES string of the molecule is COc1ccc2nc(N3CCN(C(=O)c4cccc(F)c4)CC3)sc2c1. The van der Waals surface area contributed by atoms with E-state index in [1.165, 1.54) is 12.1 Å². The number of anilines is 1. The summed E-state index contributed by atoms with van der Waals surface area (Å²) in [6, 6.07) is 11.7. The minimum atomic E-state index is -0.389. The third-order valence-electron chi connectivity index (χ3n) is 4.49. The van der Waals surface area contributed by atoms with Crippen molar-refractivity contribution in [3.63, 3.8) is 0 Å². The summed E-state index contributed by atoms with van der Waals surface area (Å²) >= 11 is 1.62. The van der Waals surface area contributed by atoms with Gasteiger partial charge in [-0.05, 0) is 36.4 Å². The van der Waals surface area contributed by atoms with E-state index in [2.05, 4.69) is 9.88 Å². The highest BCUT2D eigenvalue weighted by atomic mass is 32.1.